The third kappa shape index (κ3) is 5.08. The van der Waals surface area contributed by atoms with Gasteiger partial charge in [-0.15, -0.1) is 0 Å². The summed E-state index contributed by atoms with van der Waals surface area (Å²) in [5.41, 5.74) is 9.08. The van der Waals surface area contributed by atoms with E-state index in [1.807, 2.05) is 18.0 Å². The number of fused-ring (bicyclic) bond motifs is 7. The fourth-order valence-corrected chi connectivity index (χ4v) is 16.0. The molecular formula is C52H40N4SSi. The van der Waals surface area contributed by atoms with E-state index in [0.29, 0.717) is 0 Å². The minimum Gasteiger partial charge on any atom is -0.327 e. The molecule has 0 spiro atoms. The molecule has 7 aromatic carbocycles. The Balaban J connectivity index is 1.17. The second kappa shape index (κ2) is 13.3. The van der Waals surface area contributed by atoms with Crippen LogP contribution in [0.4, 0.5) is 0 Å². The monoisotopic (exact) mass is 780 g/mol. The topological polar surface area (TPSA) is 35.6 Å². The van der Waals surface area contributed by atoms with E-state index in [-0.39, 0.29) is 5.41 Å². The van der Waals surface area contributed by atoms with E-state index in [1.54, 1.807) is 0 Å². The number of nitrogens with zero attached hydrogens (tertiary/aromatic N) is 4. The summed E-state index contributed by atoms with van der Waals surface area (Å²) in [7, 11) is -0.836. The van der Waals surface area contributed by atoms with Crippen molar-refractivity contribution in [1.82, 2.24) is 19.1 Å². The van der Waals surface area contributed by atoms with E-state index < -0.39 is 8.07 Å². The molecule has 278 valence electrons. The van der Waals surface area contributed by atoms with Crippen LogP contribution in [-0.2, 0) is 12.5 Å². The fraction of sp³-hybridized carbons (Fsp3) is 0.0769. The molecule has 0 saturated heterocycles. The smallest absolute Gasteiger partial charge is 0.179 e. The molecule has 0 aliphatic carbocycles. The molecule has 0 bridgehead atoms. The van der Waals surface area contributed by atoms with E-state index in [9.17, 15) is 0 Å². The van der Waals surface area contributed by atoms with Gasteiger partial charge < -0.3 is 4.57 Å². The summed E-state index contributed by atoms with van der Waals surface area (Å²) in [6.07, 6.45) is 1.93. The van der Waals surface area contributed by atoms with Crippen LogP contribution in [-0.4, -0.2) is 27.2 Å². The lowest BCUT2D eigenvalue weighted by atomic mass is 9.77. The normalized spacial score (nSPS) is 13.5. The largest absolute Gasteiger partial charge is 0.327 e. The second-order valence-corrected chi connectivity index (χ2v) is 20.7. The van der Waals surface area contributed by atoms with Crippen molar-refractivity contribution in [1.29, 1.82) is 0 Å². The van der Waals surface area contributed by atoms with Gasteiger partial charge in [-0.05, 0) is 80.4 Å². The number of imidazole rings is 1. The first-order valence-corrected chi connectivity index (χ1v) is 22.7. The van der Waals surface area contributed by atoms with Crippen LogP contribution in [0.25, 0.3) is 50.0 Å². The molecule has 58 heavy (non-hydrogen) atoms. The zero-order chi connectivity index (χ0) is 39.0. The lowest BCUT2D eigenvalue weighted by Gasteiger charge is -2.35. The number of aryl methyl sites for hydroxylation is 1. The molecule has 4 heterocycles. The molecule has 0 fully saturated rings. The maximum Gasteiger partial charge on any atom is 0.179 e. The quantitative estimate of drug-likeness (QED) is 0.125. The molecule has 10 aromatic rings. The van der Waals surface area contributed by atoms with Crippen LogP contribution >= 0.6 is 11.8 Å². The summed E-state index contributed by atoms with van der Waals surface area (Å²) in [4.78, 5) is 12.9. The van der Waals surface area contributed by atoms with E-state index in [0.717, 1.165) is 33.8 Å². The Morgan fingerprint density at radius 3 is 2.02 bits per heavy atom. The summed E-state index contributed by atoms with van der Waals surface area (Å²) >= 11 is 1.90. The summed E-state index contributed by atoms with van der Waals surface area (Å²) in [6, 6.07) is 67.1. The summed E-state index contributed by atoms with van der Waals surface area (Å²) < 4.78 is 4.61. The van der Waals surface area contributed by atoms with Crippen LogP contribution < -0.4 is 20.7 Å². The number of hydrogen-bond acceptors (Lipinski definition) is 3. The van der Waals surface area contributed by atoms with Crippen molar-refractivity contribution < 1.29 is 0 Å². The molecule has 11 rings (SSSR count). The van der Waals surface area contributed by atoms with Crippen molar-refractivity contribution >= 4 is 73.6 Å². The fourth-order valence-electron chi connectivity index (χ4n) is 9.64. The number of para-hydroxylation sites is 2. The maximum atomic E-state index is 5.15. The standard InChI is InChI=1S/C52H40N4SSi/c1-52(2)42-26-10-13-29-47(42)57-49-43(52)30-31-46-48(49)41-25-16-32-53-51(41)56(46)36-18-15-24-40(34-36)58(37-19-6-4-7-20-37,38-21-8-5-9-22-38)39-23-14-17-35(33-39)50-54-44-27-11-12-28-45(44)55(50)3/h4-34H,1-3H3. The predicted octanol–water partition coefficient (Wildman–Crippen LogP) is 9.90. The highest BCUT2D eigenvalue weighted by Crippen LogP contribution is 2.52. The Morgan fingerprint density at radius 1 is 0.569 bits per heavy atom. The molecule has 4 nitrogen and oxygen atoms in total. The van der Waals surface area contributed by atoms with Gasteiger partial charge in [0, 0.05) is 50.5 Å². The molecule has 0 atom stereocenters. The van der Waals surface area contributed by atoms with Gasteiger partial charge in [-0.2, -0.15) is 0 Å². The van der Waals surface area contributed by atoms with Crippen molar-refractivity contribution in [3.05, 3.63) is 199 Å². The van der Waals surface area contributed by atoms with Gasteiger partial charge >= 0.3 is 0 Å². The molecule has 0 saturated carbocycles. The van der Waals surface area contributed by atoms with Gasteiger partial charge in [0.05, 0.1) is 16.6 Å². The predicted molar refractivity (Wildman–Crippen MR) is 245 cm³/mol. The molecule has 0 unspecified atom stereocenters. The van der Waals surface area contributed by atoms with E-state index in [4.69, 9.17) is 9.97 Å². The molecule has 0 amide bonds. The lowest BCUT2D eigenvalue weighted by molar-refractivity contribution is 0.609. The Hall–Kier alpha value is -6.47. The van der Waals surface area contributed by atoms with Crippen LogP contribution in [0.2, 0.25) is 0 Å². The average molecular weight is 781 g/mol. The van der Waals surface area contributed by atoms with E-state index >= 15 is 0 Å². The van der Waals surface area contributed by atoms with E-state index in [2.05, 4.69) is 212 Å². The minimum atomic E-state index is -2.96. The molecule has 6 heteroatoms. The van der Waals surface area contributed by atoms with Crippen LogP contribution in [0.1, 0.15) is 25.0 Å². The van der Waals surface area contributed by atoms with Crippen molar-refractivity contribution in [3.8, 4) is 17.1 Å². The van der Waals surface area contributed by atoms with Crippen LogP contribution in [0, 0.1) is 0 Å². The highest BCUT2D eigenvalue weighted by atomic mass is 32.2. The molecule has 0 N–H and O–H groups in total. The zero-order valence-corrected chi connectivity index (χ0v) is 34.4. The van der Waals surface area contributed by atoms with Crippen molar-refractivity contribution in [2.45, 2.75) is 29.1 Å². The Bertz CT molecular complexity index is 3160. The Labute approximate surface area is 343 Å². The third-order valence-corrected chi connectivity index (χ3v) is 18.3. The van der Waals surface area contributed by atoms with Gasteiger partial charge in [0.25, 0.3) is 0 Å². The lowest BCUT2D eigenvalue weighted by Crippen LogP contribution is -2.74. The molecule has 1 aliphatic heterocycles. The van der Waals surface area contributed by atoms with Crippen molar-refractivity contribution in [2.24, 2.45) is 7.05 Å². The minimum absolute atomic E-state index is 0.130. The number of rotatable bonds is 6. The SMILES string of the molecule is Cn1c(-c2cccc([Si](c3ccccc3)(c3ccccc3)c3cccc(-n4c5ccc6c(c5c5cccnc54)Sc4ccccc4C6(C)C)c3)c2)nc2ccccc21. The van der Waals surface area contributed by atoms with Gasteiger partial charge in [-0.25, -0.2) is 9.97 Å². The number of aromatic nitrogens is 4. The highest BCUT2D eigenvalue weighted by Gasteiger charge is 2.42. The van der Waals surface area contributed by atoms with Crippen LogP contribution in [0.15, 0.2) is 198 Å². The molecule has 3 aromatic heterocycles. The zero-order valence-electron chi connectivity index (χ0n) is 32.6. The maximum absolute atomic E-state index is 5.15. The number of pyridine rings is 1. The van der Waals surface area contributed by atoms with E-state index in [1.165, 1.54) is 58.0 Å². The molecular weight excluding hydrogens is 741 g/mol. The first kappa shape index (κ1) is 34.7. The summed E-state index contributed by atoms with van der Waals surface area (Å²) in [6.45, 7) is 4.72. The van der Waals surface area contributed by atoms with Gasteiger partial charge in [0.1, 0.15) is 11.5 Å². The number of benzene rings is 7. The average Bonchev–Trinajstić information content (AvgIpc) is 3.80. The van der Waals surface area contributed by atoms with Crippen molar-refractivity contribution in [2.75, 3.05) is 0 Å². The van der Waals surface area contributed by atoms with Crippen LogP contribution in [0.3, 0.4) is 0 Å². The van der Waals surface area contributed by atoms with Gasteiger partial charge in [-0.3, -0.25) is 4.57 Å². The first-order chi connectivity index (χ1) is 28.4. The van der Waals surface area contributed by atoms with Crippen LogP contribution in [0.5, 0.6) is 0 Å². The third-order valence-electron chi connectivity index (χ3n) is 12.4. The molecule has 0 radical (unpaired) electrons. The molecule has 1 aliphatic rings. The summed E-state index contributed by atoms with van der Waals surface area (Å²) in [5, 5.41) is 7.70. The Morgan fingerprint density at radius 2 is 1.24 bits per heavy atom. The van der Waals surface area contributed by atoms with Gasteiger partial charge in [0.2, 0.25) is 0 Å². The Kier molecular flexibility index (Phi) is 7.97. The second-order valence-electron chi connectivity index (χ2n) is 15.9. The van der Waals surface area contributed by atoms with Crippen molar-refractivity contribution in [3.63, 3.8) is 0 Å². The highest BCUT2D eigenvalue weighted by molar-refractivity contribution is 7.99. The number of hydrogen-bond donors (Lipinski definition) is 0. The first-order valence-electron chi connectivity index (χ1n) is 19.9. The summed E-state index contributed by atoms with van der Waals surface area (Å²) in [5.74, 6) is 0.962. The van der Waals surface area contributed by atoms with Gasteiger partial charge in [0.15, 0.2) is 8.07 Å². The van der Waals surface area contributed by atoms with Gasteiger partial charge in [-0.1, -0.05) is 159 Å².